The standard InChI is InChI=1S/C27H17Cl2NO5/c1-15-23(34-26(31)17-9-3-5-12-20(17)28)22-16(14-30)8-7-11-19(22)25(24(15)33-2)35-27(32)18-10-4-6-13-21(18)29/h3-13H,1-2H3. The highest BCUT2D eigenvalue weighted by molar-refractivity contribution is 6.34. The van der Waals surface area contributed by atoms with Gasteiger partial charge in [-0.05, 0) is 37.3 Å². The van der Waals surface area contributed by atoms with Gasteiger partial charge in [0.25, 0.3) is 0 Å². The maximum absolute atomic E-state index is 13.0. The minimum atomic E-state index is -0.712. The quantitative estimate of drug-likeness (QED) is 0.219. The number of rotatable bonds is 5. The summed E-state index contributed by atoms with van der Waals surface area (Å²) in [6, 6.07) is 19.9. The number of ether oxygens (including phenoxy) is 3. The zero-order valence-electron chi connectivity index (χ0n) is 18.6. The first-order chi connectivity index (χ1) is 16.9. The van der Waals surface area contributed by atoms with Crippen LogP contribution >= 0.6 is 23.2 Å². The summed E-state index contributed by atoms with van der Waals surface area (Å²) >= 11 is 12.3. The Morgan fingerprint density at radius 2 is 1.31 bits per heavy atom. The number of nitriles is 1. The zero-order valence-corrected chi connectivity index (χ0v) is 20.1. The van der Waals surface area contributed by atoms with Gasteiger partial charge in [0.2, 0.25) is 0 Å². The van der Waals surface area contributed by atoms with E-state index >= 15 is 0 Å². The normalized spacial score (nSPS) is 10.5. The van der Waals surface area contributed by atoms with Gasteiger partial charge in [-0.2, -0.15) is 5.26 Å². The molecule has 0 saturated carbocycles. The highest BCUT2D eigenvalue weighted by Gasteiger charge is 2.27. The van der Waals surface area contributed by atoms with Gasteiger partial charge in [-0.15, -0.1) is 0 Å². The molecule has 0 heterocycles. The van der Waals surface area contributed by atoms with E-state index in [1.807, 2.05) is 0 Å². The van der Waals surface area contributed by atoms with Crippen molar-refractivity contribution < 1.29 is 23.8 Å². The summed E-state index contributed by atoms with van der Waals surface area (Å²) in [6.45, 7) is 1.63. The fourth-order valence-electron chi connectivity index (χ4n) is 3.69. The Balaban J connectivity index is 1.91. The van der Waals surface area contributed by atoms with Gasteiger partial charge in [-0.3, -0.25) is 0 Å². The number of halogens is 2. The van der Waals surface area contributed by atoms with Crippen LogP contribution in [-0.4, -0.2) is 19.0 Å². The lowest BCUT2D eigenvalue weighted by Gasteiger charge is -2.19. The third-order valence-corrected chi connectivity index (χ3v) is 5.98. The number of esters is 2. The van der Waals surface area contributed by atoms with Crippen molar-refractivity contribution in [2.24, 2.45) is 0 Å². The molecule has 0 fully saturated rings. The van der Waals surface area contributed by atoms with E-state index in [0.717, 1.165) is 0 Å². The van der Waals surface area contributed by atoms with E-state index in [9.17, 15) is 14.9 Å². The Morgan fingerprint density at radius 3 is 1.83 bits per heavy atom. The summed E-state index contributed by atoms with van der Waals surface area (Å²) < 4.78 is 17.1. The van der Waals surface area contributed by atoms with Crippen molar-refractivity contribution in [3.8, 4) is 23.3 Å². The lowest BCUT2D eigenvalue weighted by Crippen LogP contribution is -2.13. The van der Waals surface area contributed by atoms with Gasteiger partial charge >= 0.3 is 11.9 Å². The van der Waals surface area contributed by atoms with Gasteiger partial charge in [0.05, 0.1) is 39.9 Å². The van der Waals surface area contributed by atoms with Crippen molar-refractivity contribution in [2.75, 3.05) is 7.11 Å². The third-order valence-electron chi connectivity index (χ3n) is 5.33. The highest BCUT2D eigenvalue weighted by Crippen LogP contribution is 2.47. The van der Waals surface area contributed by atoms with Crippen LogP contribution in [0.25, 0.3) is 10.8 Å². The van der Waals surface area contributed by atoms with Crippen molar-refractivity contribution in [1.82, 2.24) is 0 Å². The Kier molecular flexibility index (Phi) is 6.92. The molecule has 0 radical (unpaired) electrons. The Bertz CT molecular complexity index is 1520. The van der Waals surface area contributed by atoms with Crippen LogP contribution in [0.5, 0.6) is 17.2 Å². The van der Waals surface area contributed by atoms with Gasteiger partial charge in [0.1, 0.15) is 5.75 Å². The van der Waals surface area contributed by atoms with Crippen LogP contribution in [0.15, 0.2) is 66.7 Å². The first-order valence-corrected chi connectivity index (χ1v) is 11.1. The van der Waals surface area contributed by atoms with Gasteiger partial charge < -0.3 is 14.2 Å². The van der Waals surface area contributed by atoms with Crippen LogP contribution in [-0.2, 0) is 0 Å². The predicted octanol–water partition coefficient (Wildman–Crippen LogP) is 6.77. The van der Waals surface area contributed by atoms with Gasteiger partial charge in [0, 0.05) is 16.3 Å². The Morgan fingerprint density at radius 1 is 0.771 bits per heavy atom. The predicted molar refractivity (Wildman–Crippen MR) is 133 cm³/mol. The van der Waals surface area contributed by atoms with E-state index in [0.29, 0.717) is 10.9 Å². The molecule has 0 spiro atoms. The summed E-state index contributed by atoms with van der Waals surface area (Å²) in [5.74, 6) is -1.10. The molecule has 8 heteroatoms. The topological polar surface area (TPSA) is 85.6 Å². The van der Waals surface area contributed by atoms with Crippen LogP contribution in [0.3, 0.4) is 0 Å². The molecule has 174 valence electrons. The molecule has 0 atom stereocenters. The minimum absolute atomic E-state index is 0.0690. The summed E-state index contributed by atoms with van der Waals surface area (Å²) in [6.07, 6.45) is 0. The first-order valence-electron chi connectivity index (χ1n) is 10.3. The van der Waals surface area contributed by atoms with Crippen LogP contribution in [0, 0.1) is 18.3 Å². The second-order valence-corrected chi connectivity index (χ2v) is 8.21. The zero-order chi connectivity index (χ0) is 25.1. The molecule has 0 N–H and O–H groups in total. The monoisotopic (exact) mass is 505 g/mol. The second kappa shape index (κ2) is 10.1. The van der Waals surface area contributed by atoms with Crippen molar-refractivity contribution in [3.63, 3.8) is 0 Å². The van der Waals surface area contributed by atoms with Crippen LogP contribution in [0.4, 0.5) is 0 Å². The summed E-state index contributed by atoms with van der Waals surface area (Å²) in [4.78, 5) is 26.0. The van der Waals surface area contributed by atoms with Crippen molar-refractivity contribution >= 4 is 45.9 Å². The number of benzene rings is 4. The Labute approximate surface area is 211 Å². The summed E-state index contributed by atoms with van der Waals surface area (Å²) in [7, 11) is 1.40. The summed E-state index contributed by atoms with van der Waals surface area (Å²) in [5.41, 5.74) is 0.882. The second-order valence-electron chi connectivity index (χ2n) is 7.40. The molecule has 0 aliphatic heterocycles. The van der Waals surface area contributed by atoms with Gasteiger partial charge in [-0.25, -0.2) is 9.59 Å². The minimum Gasteiger partial charge on any atom is -0.492 e. The van der Waals surface area contributed by atoms with E-state index in [1.165, 1.54) is 19.2 Å². The molecule has 0 aliphatic rings. The number of nitrogens with zero attached hydrogens (tertiary/aromatic N) is 1. The highest BCUT2D eigenvalue weighted by atomic mass is 35.5. The largest absolute Gasteiger partial charge is 0.492 e. The lowest BCUT2D eigenvalue weighted by atomic mass is 9.99. The smallest absolute Gasteiger partial charge is 0.345 e. The van der Waals surface area contributed by atoms with Crippen LogP contribution < -0.4 is 14.2 Å². The van der Waals surface area contributed by atoms with Crippen molar-refractivity contribution in [3.05, 3.63) is 99.0 Å². The maximum Gasteiger partial charge on any atom is 0.345 e. The molecule has 0 unspecified atom stereocenters. The molecule has 0 bridgehead atoms. The molecule has 0 amide bonds. The molecule has 0 aliphatic carbocycles. The van der Waals surface area contributed by atoms with E-state index in [1.54, 1.807) is 61.5 Å². The van der Waals surface area contributed by atoms with Crippen LogP contribution in [0.1, 0.15) is 31.8 Å². The number of carbonyl (C=O) groups is 2. The van der Waals surface area contributed by atoms with E-state index < -0.39 is 11.9 Å². The maximum atomic E-state index is 13.0. The number of hydrogen-bond acceptors (Lipinski definition) is 6. The number of fused-ring (bicyclic) bond motifs is 1. The fraction of sp³-hybridized carbons (Fsp3) is 0.0741. The molecule has 0 saturated heterocycles. The number of methoxy groups -OCH3 is 1. The van der Waals surface area contributed by atoms with Crippen molar-refractivity contribution in [1.29, 1.82) is 5.26 Å². The van der Waals surface area contributed by atoms with Crippen LogP contribution in [0.2, 0.25) is 10.0 Å². The molecule has 4 rings (SSSR count). The third kappa shape index (κ3) is 4.52. The molecular formula is C27H17Cl2NO5. The molecule has 4 aromatic rings. The average molecular weight is 506 g/mol. The first kappa shape index (κ1) is 24.1. The fourth-order valence-corrected chi connectivity index (χ4v) is 4.11. The number of hydrogen-bond donors (Lipinski definition) is 0. The average Bonchev–Trinajstić information content (AvgIpc) is 2.86. The van der Waals surface area contributed by atoms with E-state index in [-0.39, 0.29) is 49.4 Å². The number of carbonyl (C=O) groups excluding carboxylic acids is 2. The lowest BCUT2D eigenvalue weighted by molar-refractivity contribution is 0.0718. The summed E-state index contributed by atoms with van der Waals surface area (Å²) in [5, 5.41) is 10.9. The van der Waals surface area contributed by atoms with E-state index in [2.05, 4.69) is 6.07 Å². The van der Waals surface area contributed by atoms with Gasteiger partial charge in [-0.1, -0.05) is 59.6 Å². The molecular weight excluding hydrogens is 489 g/mol. The van der Waals surface area contributed by atoms with Crippen molar-refractivity contribution in [2.45, 2.75) is 6.92 Å². The van der Waals surface area contributed by atoms with Gasteiger partial charge in [0.15, 0.2) is 11.5 Å². The molecule has 0 aromatic heterocycles. The molecule has 6 nitrogen and oxygen atoms in total. The van der Waals surface area contributed by atoms with E-state index in [4.69, 9.17) is 37.4 Å². The molecule has 4 aromatic carbocycles. The molecule has 35 heavy (non-hydrogen) atoms. The Hall–Kier alpha value is -4.05. The SMILES string of the molecule is COc1c(C)c(OC(=O)c2ccccc2Cl)c2c(C#N)cccc2c1OC(=O)c1ccccc1Cl.